The zero-order valence-corrected chi connectivity index (χ0v) is 6.88. The van der Waals surface area contributed by atoms with Gasteiger partial charge in [-0.05, 0) is 14.1 Å². The van der Waals surface area contributed by atoms with Crippen LogP contribution in [-0.4, -0.2) is 56.7 Å². The lowest BCUT2D eigenvalue weighted by Crippen LogP contribution is -2.44. The predicted octanol–water partition coefficient (Wildman–Crippen LogP) is -0.574. The summed E-state index contributed by atoms with van der Waals surface area (Å²) in [4.78, 5) is 4.62. The largest absolute Gasteiger partial charge is 0.297 e. The average Bonchev–Trinajstić information content (AvgIpc) is 1.88. The van der Waals surface area contributed by atoms with Gasteiger partial charge in [0.05, 0.1) is 6.67 Å². The Balaban J connectivity index is 2.13. The van der Waals surface area contributed by atoms with Crippen molar-refractivity contribution in [1.82, 2.24) is 15.1 Å². The fraction of sp³-hybridized carbons (Fsp3) is 1.00. The van der Waals surface area contributed by atoms with Crippen LogP contribution in [0.25, 0.3) is 0 Å². The van der Waals surface area contributed by atoms with Gasteiger partial charge in [-0.2, -0.15) is 0 Å². The lowest BCUT2D eigenvalue weighted by atomic mass is 10.4. The van der Waals surface area contributed by atoms with Crippen LogP contribution in [0.2, 0.25) is 0 Å². The van der Waals surface area contributed by atoms with E-state index in [1.54, 1.807) is 0 Å². The molecule has 10 heavy (non-hydrogen) atoms. The molecule has 59 valence electrons. The molecule has 0 aromatic rings. The summed E-state index contributed by atoms with van der Waals surface area (Å²) in [6.07, 6.45) is 0. The van der Waals surface area contributed by atoms with Crippen molar-refractivity contribution in [3.63, 3.8) is 0 Å². The summed E-state index contributed by atoms with van der Waals surface area (Å²) in [6.45, 7) is 5.40. The average molecular weight is 142 g/mol. The van der Waals surface area contributed by atoms with Crippen LogP contribution in [0.15, 0.2) is 0 Å². The molecule has 1 aliphatic heterocycles. The predicted molar refractivity (Wildman–Crippen MR) is 42.0 cm³/mol. The topological polar surface area (TPSA) is 20.6 Å². The van der Waals surface area contributed by atoms with E-state index < -0.39 is 0 Å². The molecule has 0 unspecified atom stereocenters. The summed E-state index contributed by atoms with van der Waals surface area (Å²) >= 11 is 0. The van der Waals surface area contributed by atoms with E-state index in [-0.39, 0.29) is 0 Å². The van der Waals surface area contributed by atoms with Gasteiger partial charge in [0.1, 0.15) is 0 Å². The van der Waals surface area contributed by atoms with Gasteiger partial charge in [0.2, 0.25) is 0 Å². The van der Waals surface area contributed by atoms with Gasteiger partial charge in [-0.3, -0.25) is 9.80 Å². The van der Waals surface area contributed by atoms with Crippen molar-refractivity contribution in [1.29, 1.82) is 0 Å². The van der Waals surface area contributed by atoms with Crippen molar-refractivity contribution in [2.45, 2.75) is 0 Å². The highest BCUT2D eigenvalue weighted by molar-refractivity contribution is 4.65. The Kier molecular flexibility index (Phi) is 3.12. The number of hydrogen-bond acceptors (Lipinski definition) is 2. The summed E-state index contributed by atoms with van der Waals surface area (Å²) in [5, 5.41) is 4.27. The van der Waals surface area contributed by atoms with Gasteiger partial charge < -0.3 is 0 Å². The maximum absolute atomic E-state index is 4.27. The maximum Gasteiger partial charge on any atom is 0.0501 e. The SMILES string of the molecule is CN(C)CN1CC[N]CC1. The molecule has 1 heterocycles. The Morgan fingerprint density at radius 1 is 1.30 bits per heavy atom. The molecule has 1 fully saturated rings. The molecular weight excluding hydrogens is 126 g/mol. The third-order valence-corrected chi connectivity index (χ3v) is 1.63. The molecule has 0 amide bonds. The monoisotopic (exact) mass is 142 g/mol. The number of piperazine rings is 1. The van der Waals surface area contributed by atoms with E-state index in [0.717, 1.165) is 32.8 Å². The van der Waals surface area contributed by atoms with Crippen molar-refractivity contribution >= 4 is 0 Å². The lowest BCUT2D eigenvalue weighted by Gasteiger charge is -2.28. The molecule has 1 radical (unpaired) electrons. The van der Waals surface area contributed by atoms with Gasteiger partial charge in [-0.1, -0.05) is 0 Å². The summed E-state index contributed by atoms with van der Waals surface area (Å²) in [5.41, 5.74) is 0. The van der Waals surface area contributed by atoms with E-state index in [1.165, 1.54) is 0 Å². The lowest BCUT2D eigenvalue weighted by molar-refractivity contribution is 0.157. The Labute approximate surface area is 63.0 Å². The van der Waals surface area contributed by atoms with Crippen molar-refractivity contribution in [2.75, 3.05) is 46.9 Å². The second kappa shape index (κ2) is 3.91. The minimum absolute atomic E-state index is 1.02. The van der Waals surface area contributed by atoms with Crippen LogP contribution in [0.4, 0.5) is 0 Å². The van der Waals surface area contributed by atoms with Crippen LogP contribution in [0.3, 0.4) is 0 Å². The molecule has 1 rings (SSSR count). The van der Waals surface area contributed by atoms with Crippen molar-refractivity contribution in [3.05, 3.63) is 0 Å². The van der Waals surface area contributed by atoms with Gasteiger partial charge in [0.25, 0.3) is 0 Å². The van der Waals surface area contributed by atoms with Crippen molar-refractivity contribution in [3.8, 4) is 0 Å². The van der Waals surface area contributed by atoms with Gasteiger partial charge >= 0.3 is 0 Å². The molecule has 0 saturated carbocycles. The normalized spacial score (nSPS) is 21.9. The van der Waals surface area contributed by atoms with E-state index in [2.05, 4.69) is 29.2 Å². The maximum atomic E-state index is 4.27. The Hall–Kier alpha value is -0.120. The zero-order valence-electron chi connectivity index (χ0n) is 6.88. The number of hydrogen-bond donors (Lipinski definition) is 0. The van der Waals surface area contributed by atoms with Crippen LogP contribution in [0, 0.1) is 0 Å². The highest BCUT2D eigenvalue weighted by atomic mass is 15.3. The van der Waals surface area contributed by atoms with Crippen LogP contribution in [0.1, 0.15) is 0 Å². The molecule has 3 nitrogen and oxygen atoms in total. The van der Waals surface area contributed by atoms with Crippen LogP contribution in [0.5, 0.6) is 0 Å². The van der Waals surface area contributed by atoms with Crippen LogP contribution < -0.4 is 5.32 Å². The first-order valence-corrected chi connectivity index (χ1v) is 3.79. The molecule has 0 bridgehead atoms. The molecule has 0 spiro atoms. The number of nitrogens with zero attached hydrogens (tertiary/aromatic N) is 3. The summed E-state index contributed by atoms with van der Waals surface area (Å²) in [6, 6.07) is 0. The third kappa shape index (κ3) is 2.64. The van der Waals surface area contributed by atoms with E-state index >= 15 is 0 Å². The first-order valence-electron chi connectivity index (χ1n) is 3.79. The molecular formula is C7H16N3. The first-order chi connectivity index (χ1) is 4.79. The molecule has 0 aromatic carbocycles. The highest BCUT2D eigenvalue weighted by Gasteiger charge is 2.09. The molecule has 0 N–H and O–H groups in total. The van der Waals surface area contributed by atoms with E-state index in [9.17, 15) is 0 Å². The van der Waals surface area contributed by atoms with Gasteiger partial charge in [0, 0.05) is 26.2 Å². The van der Waals surface area contributed by atoms with E-state index in [4.69, 9.17) is 0 Å². The van der Waals surface area contributed by atoms with E-state index in [0.29, 0.717) is 0 Å². The minimum atomic E-state index is 1.02. The second-order valence-electron chi connectivity index (χ2n) is 3.01. The standard InChI is InChI=1S/C7H16N3/c1-9(2)7-10-5-3-8-4-6-10/h3-7H2,1-2H3. The highest BCUT2D eigenvalue weighted by Crippen LogP contribution is 1.92. The first kappa shape index (κ1) is 7.98. The fourth-order valence-electron chi connectivity index (χ4n) is 1.19. The minimum Gasteiger partial charge on any atom is -0.297 e. The van der Waals surface area contributed by atoms with Crippen LogP contribution in [-0.2, 0) is 0 Å². The van der Waals surface area contributed by atoms with Gasteiger partial charge in [0.15, 0.2) is 0 Å². The molecule has 3 heteroatoms. The van der Waals surface area contributed by atoms with Gasteiger partial charge in [-0.25, -0.2) is 5.32 Å². The fourth-order valence-corrected chi connectivity index (χ4v) is 1.19. The number of rotatable bonds is 2. The molecule has 0 aromatic heterocycles. The molecule has 0 atom stereocenters. The smallest absolute Gasteiger partial charge is 0.0501 e. The quantitative estimate of drug-likeness (QED) is 0.514. The molecule has 1 aliphatic rings. The van der Waals surface area contributed by atoms with E-state index in [1.807, 2.05) is 0 Å². The Bertz CT molecular complexity index is 86.9. The summed E-state index contributed by atoms with van der Waals surface area (Å²) < 4.78 is 0. The van der Waals surface area contributed by atoms with Crippen molar-refractivity contribution < 1.29 is 0 Å². The summed E-state index contributed by atoms with van der Waals surface area (Å²) in [7, 11) is 4.21. The Morgan fingerprint density at radius 2 is 1.90 bits per heavy atom. The Morgan fingerprint density at radius 3 is 2.40 bits per heavy atom. The zero-order chi connectivity index (χ0) is 7.40. The summed E-state index contributed by atoms with van der Waals surface area (Å²) in [5.74, 6) is 0. The molecule has 1 saturated heterocycles. The molecule has 0 aliphatic carbocycles. The second-order valence-corrected chi connectivity index (χ2v) is 3.01. The van der Waals surface area contributed by atoms with Gasteiger partial charge in [-0.15, -0.1) is 0 Å². The third-order valence-electron chi connectivity index (χ3n) is 1.63. The van der Waals surface area contributed by atoms with Crippen LogP contribution >= 0.6 is 0 Å². The van der Waals surface area contributed by atoms with Crippen molar-refractivity contribution in [2.24, 2.45) is 0 Å².